The van der Waals surface area contributed by atoms with Gasteiger partial charge in [-0.25, -0.2) is 12.4 Å². The summed E-state index contributed by atoms with van der Waals surface area (Å²) < 4.78 is 27.6. The first-order valence-corrected chi connectivity index (χ1v) is 9.54. The van der Waals surface area contributed by atoms with Crippen molar-refractivity contribution in [1.82, 2.24) is 3.97 Å². The van der Waals surface area contributed by atoms with Gasteiger partial charge in [0.2, 0.25) is 0 Å². The van der Waals surface area contributed by atoms with Gasteiger partial charge in [0.1, 0.15) is 0 Å². The van der Waals surface area contributed by atoms with Crippen LogP contribution < -0.4 is 0 Å². The van der Waals surface area contributed by atoms with Gasteiger partial charge in [-0.15, -0.1) is 0 Å². The number of rotatable bonds is 4. The van der Waals surface area contributed by atoms with E-state index in [2.05, 4.69) is 12.1 Å². The van der Waals surface area contributed by atoms with Crippen LogP contribution in [0.4, 0.5) is 0 Å². The third kappa shape index (κ3) is 2.85. The lowest BCUT2D eigenvalue weighted by Gasteiger charge is -2.07. The van der Waals surface area contributed by atoms with Crippen LogP contribution in [0.25, 0.3) is 10.9 Å². The van der Waals surface area contributed by atoms with E-state index in [4.69, 9.17) is 0 Å². The first-order chi connectivity index (χ1) is 12.2. The largest absolute Gasteiger partial charge is 0.268 e. The molecule has 0 saturated carbocycles. The van der Waals surface area contributed by atoms with Crippen molar-refractivity contribution in [2.24, 2.45) is 0 Å². The second-order valence-corrected chi connectivity index (χ2v) is 7.76. The average molecular weight is 347 g/mol. The van der Waals surface area contributed by atoms with Crippen LogP contribution in [0.5, 0.6) is 0 Å². The van der Waals surface area contributed by atoms with Crippen LogP contribution in [0.3, 0.4) is 0 Å². The zero-order valence-corrected chi connectivity index (χ0v) is 14.4. The fourth-order valence-corrected chi connectivity index (χ4v) is 4.49. The number of para-hydroxylation sites is 1. The molecule has 1 heterocycles. The molecule has 4 aromatic rings. The van der Waals surface area contributed by atoms with Gasteiger partial charge < -0.3 is 0 Å². The van der Waals surface area contributed by atoms with Gasteiger partial charge in [0, 0.05) is 11.6 Å². The molecule has 3 aromatic carbocycles. The molecule has 0 spiro atoms. The highest BCUT2D eigenvalue weighted by Gasteiger charge is 2.20. The van der Waals surface area contributed by atoms with Crippen molar-refractivity contribution in [3.63, 3.8) is 0 Å². The molecule has 0 saturated heterocycles. The predicted molar refractivity (Wildman–Crippen MR) is 100 cm³/mol. The fraction of sp³-hybridized carbons (Fsp3) is 0.0476. The number of nitrogens with zero attached hydrogens (tertiary/aromatic N) is 1. The van der Waals surface area contributed by atoms with Crippen LogP contribution in [0.2, 0.25) is 0 Å². The Hall–Kier alpha value is -2.85. The number of benzene rings is 3. The predicted octanol–water partition coefficient (Wildman–Crippen LogP) is 4.47. The minimum absolute atomic E-state index is 0.294. The monoisotopic (exact) mass is 347 g/mol. The molecule has 0 atom stereocenters. The maximum absolute atomic E-state index is 13.1. The Morgan fingerprint density at radius 1 is 0.720 bits per heavy atom. The smallest absolute Gasteiger partial charge is 0.241 e. The summed E-state index contributed by atoms with van der Waals surface area (Å²) in [5.41, 5.74) is 2.86. The Bertz CT molecular complexity index is 1110. The summed E-state index contributed by atoms with van der Waals surface area (Å²) in [6, 6.07) is 26.3. The molecule has 0 aliphatic heterocycles. The quantitative estimate of drug-likeness (QED) is 0.546. The van der Waals surface area contributed by atoms with Crippen molar-refractivity contribution in [3.8, 4) is 0 Å². The highest BCUT2D eigenvalue weighted by Crippen LogP contribution is 2.27. The van der Waals surface area contributed by atoms with Crippen LogP contribution in [-0.2, 0) is 16.4 Å². The van der Waals surface area contributed by atoms with Crippen LogP contribution in [0, 0.1) is 0 Å². The van der Waals surface area contributed by atoms with Gasteiger partial charge in [-0.1, -0.05) is 66.7 Å². The summed E-state index contributed by atoms with van der Waals surface area (Å²) in [4.78, 5) is 0.294. The first-order valence-electron chi connectivity index (χ1n) is 8.10. The SMILES string of the molecule is O=S(=O)(c1ccccc1)n1cc(Cc2ccccc2)c2ccccc21. The minimum atomic E-state index is -3.62. The molecule has 4 heteroatoms. The Morgan fingerprint density at radius 3 is 2.04 bits per heavy atom. The molecule has 1 aromatic heterocycles. The minimum Gasteiger partial charge on any atom is -0.241 e. The molecular formula is C21H17NO2S. The van der Waals surface area contributed by atoms with E-state index in [1.807, 2.05) is 48.5 Å². The zero-order chi connectivity index (χ0) is 17.3. The van der Waals surface area contributed by atoms with Gasteiger partial charge >= 0.3 is 0 Å². The number of hydrogen-bond donors (Lipinski definition) is 0. The van der Waals surface area contributed by atoms with Gasteiger partial charge in [-0.3, -0.25) is 0 Å². The van der Waals surface area contributed by atoms with Crippen molar-refractivity contribution in [3.05, 3.63) is 102 Å². The third-order valence-electron chi connectivity index (χ3n) is 4.30. The Morgan fingerprint density at radius 2 is 1.32 bits per heavy atom. The van der Waals surface area contributed by atoms with Gasteiger partial charge in [0.15, 0.2) is 0 Å². The van der Waals surface area contributed by atoms with E-state index in [1.54, 1.807) is 30.5 Å². The lowest BCUT2D eigenvalue weighted by atomic mass is 10.0. The van der Waals surface area contributed by atoms with Crippen molar-refractivity contribution in [2.75, 3.05) is 0 Å². The lowest BCUT2D eigenvalue weighted by molar-refractivity contribution is 0.589. The highest BCUT2D eigenvalue weighted by molar-refractivity contribution is 7.90. The molecule has 0 fully saturated rings. The average Bonchev–Trinajstić information content (AvgIpc) is 3.03. The summed E-state index contributed by atoms with van der Waals surface area (Å²) >= 11 is 0. The van der Waals surface area contributed by atoms with E-state index in [9.17, 15) is 8.42 Å². The van der Waals surface area contributed by atoms with Crippen molar-refractivity contribution in [1.29, 1.82) is 0 Å². The fourth-order valence-electron chi connectivity index (χ4n) is 3.08. The maximum atomic E-state index is 13.1. The van der Waals surface area contributed by atoms with Crippen LogP contribution in [-0.4, -0.2) is 12.4 Å². The molecule has 0 bridgehead atoms. The molecule has 0 aliphatic rings. The molecule has 0 amide bonds. The van der Waals surface area contributed by atoms with E-state index in [1.165, 1.54) is 3.97 Å². The zero-order valence-electron chi connectivity index (χ0n) is 13.5. The van der Waals surface area contributed by atoms with E-state index >= 15 is 0 Å². The highest BCUT2D eigenvalue weighted by atomic mass is 32.2. The van der Waals surface area contributed by atoms with Crippen molar-refractivity contribution >= 4 is 20.9 Å². The molecule has 25 heavy (non-hydrogen) atoms. The lowest BCUT2D eigenvalue weighted by Crippen LogP contribution is -2.11. The summed E-state index contributed by atoms with van der Waals surface area (Å²) in [6.07, 6.45) is 2.44. The molecule has 4 rings (SSSR count). The molecule has 0 radical (unpaired) electrons. The number of hydrogen-bond acceptors (Lipinski definition) is 2. The van der Waals surface area contributed by atoms with Crippen LogP contribution in [0.1, 0.15) is 11.1 Å². The van der Waals surface area contributed by atoms with E-state index in [0.717, 1.165) is 16.5 Å². The molecule has 0 N–H and O–H groups in total. The normalized spacial score (nSPS) is 11.7. The van der Waals surface area contributed by atoms with Gasteiger partial charge in [0.25, 0.3) is 10.0 Å². The third-order valence-corrected chi connectivity index (χ3v) is 5.99. The number of aromatic nitrogens is 1. The summed E-state index contributed by atoms with van der Waals surface area (Å²) in [5, 5.41) is 0.964. The van der Waals surface area contributed by atoms with E-state index in [0.29, 0.717) is 16.8 Å². The molecule has 0 aliphatic carbocycles. The topological polar surface area (TPSA) is 39.1 Å². The van der Waals surface area contributed by atoms with E-state index < -0.39 is 10.0 Å². The van der Waals surface area contributed by atoms with Crippen LogP contribution >= 0.6 is 0 Å². The van der Waals surface area contributed by atoms with Crippen molar-refractivity contribution in [2.45, 2.75) is 11.3 Å². The molecular weight excluding hydrogens is 330 g/mol. The number of fused-ring (bicyclic) bond motifs is 1. The van der Waals surface area contributed by atoms with Crippen LogP contribution in [0.15, 0.2) is 96.0 Å². The Kier molecular flexibility index (Phi) is 3.90. The second kappa shape index (κ2) is 6.22. The first kappa shape index (κ1) is 15.7. The second-order valence-electron chi connectivity index (χ2n) is 5.95. The van der Waals surface area contributed by atoms with Gasteiger partial charge in [0.05, 0.1) is 10.4 Å². The molecule has 124 valence electrons. The Balaban J connectivity index is 1.89. The molecule has 3 nitrogen and oxygen atoms in total. The maximum Gasteiger partial charge on any atom is 0.268 e. The molecule has 0 unspecified atom stereocenters. The van der Waals surface area contributed by atoms with E-state index in [-0.39, 0.29) is 0 Å². The Labute approximate surface area is 147 Å². The van der Waals surface area contributed by atoms with Gasteiger partial charge in [-0.05, 0) is 35.7 Å². The standard InChI is InChI=1S/C21H17NO2S/c23-25(24,19-11-5-2-6-12-19)22-16-18(15-17-9-3-1-4-10-17)20-13-7-8-14-21(20)22/h1-14,16H,15H2. The summed E-state index contributed by atoms with van der Waals surface area (Å²) in [7, 11) is -3.62. The van der Waals surface area contributed by atoms with Gasteiger partial charge in [-0.2, -0.15) is 0 Å². The summed E-state index contributed by atoms with van der Waals surface area (Å²) in [5.74, 6) is 0. The summed E-state index contributed by atoms with van der Waals surface area (Å²) in [6.45, 7) is 0. The van der Waals surface area contributed by atoms with Crippen molar-refractivity contribution < 1.29 is 8.42 Å².